The maximum Gasteiger partial charge on any atom is 0.436 e. The Bertz CT molecular complexity index is 866. The second-order valence-corrected chi connectivity index (χ2v) is 6.98. The van der Waals surface area contributed by atoms with E-state index in [0.29, 0.717) is 11.4 Å². The standard InChI is InChI=1S/C16H19ClF3N5O/c1-7-12(8(2)24(4)22-7)21-15(26)9(3)25-13(10-5-6-10)11(17)14(23-25)16(18,19)20/h9-10H,5-6H2,1-4H3,(H,21,26)/t9-/m0/s1. The van der Waals surface area contributed by atoms with Crippen molar-refractivity contribution >= 4 is 23.2 Å². The molecule has 2 heterocycles. The molecule has 2 aromatic heterocycles. The van der Waals surface area contributed by atoms with Crippen molar-refractivity contribution in [2.45, 2.75) is 51.7 Å². The van der Waals surface area contributed by atoms with Crippen molar-refractivity contribution in [3.63, 3.8) is 0 Å². The Morgan fingerprint density at radius 2 is 1.92 bits per heavy atom. The van der Waals surface area contributed by atoms with E-state index in [0.717, 1.165) is 23.2 Å². The molecule has 0 spiro atoms. The third-order valence-electron chi connectivity index (χ3n) is 4.62. The fraction of sp³-hybridized carbons (Fsp3) is 0.562. The molecule has 6 nitrogen and oxygen atoms in total. The molecule has 2 aromatic rings. The highest BCUT2D eigenvalue weighted by Gasteiger charge is 2.43. The molecule has 1 atom stereocenters. The number of nitrogens with one attached hydrogen (secondary N) is 1. The van der Waals surface area contributed by atoms with Gasteiger partial charge in [0.1, 0.15) is 6.04 Å². The lowest BCUT2D eigenvalue weighted by atomic mass is 10.2. The van der Waals surface area contributed by atoms with Gasteiger partial charge in [0.05, 0.1) is 27.8 Å². The summed E-state index contributed by atoms with van der Waals surface area (Å²) in [6, 6.07) is -0.946. The molecule has 26 heavy (non-hydrogen) atoms. The van der Waals surface area contributed by atoms with Crippen molar-refractivity contribution in [1.29, 1.82) is 0 Å². The van der Waals surface area contributed by atoms with Gasteiger partial charge in [-0.05, 0) is 33.6 Å². The van der Waals surface area contributed by atoms with E-state index in [-0.39, 0.29) is 11.6 Å². The fourth-order valence-electron chi connectivity index (χ4n) is 2.92. The minimum Gasteiger partial charge on any atom is -0.321 e. The number of aryl methyl sites for hydroxylation is 2. The van der Waals surface area contributed by atoms with Crippen LogP contribution in [0.5, 0.6) is 0 Å². The van der Waals surface area contributed by atoms with E-state index in [1.54, 1.807) is 25.6 Å². The summed E-state index contributed by atoms with van der Waals surface area (Å²) in [4.78, 5) is 12.7. The quantitative estimate of drug-likeness (QED) is 0.860. The second-order valence-electron chi connectivity index (χ2n) is 6.60. The van der Waals surface area contributed by atoms with E-state index in [1.165, 1.54) is 6.92 Å². The summed E-state index contributed by atoms with van der Waals surface area (Å²) in [6.45, 7) is 5.05. The van der Waals surface area contributed by atoms with E-state index in [4.69, 9.17) is 11.6 Å². The van der Waals surface area contributed by atoms with Gasteiger partial charge in [0.2, 0.25) is 5.91 Å². The molecule has 1 N–H and O–H groups in total. The van der Waals surface area contributed by atoms with Gasteiger partial charge in [-0.25, -0.2) is 0 Å². The van der Waals surface area contributed by atoms with Gasteiger partial charge in [0, 0.05) is 13.0 Å². The van der Waals surface area contributed by atoms with Crippen molar-refractivity contribution in [2.24, 2.45) is 7.05 Å². The number of rotatable bonds is 4. The Morgan fingerprint density at radius 1 is 1.31 bits per heavy atom. The molecule has 0 aliphatic heterocycles. The van der Waals surface area contributed by atoms with Crippen molar-refractivity contribution < 1.29 is 18.0 Å². The number of aromatic nitrogens is 4. The molecule has 10 heteroatoms. The van der Waals surface area contributed by atoms with Gasteiger partial charge in [-0.15, -0.1) is 0 Å². The summed E-state index contributed by atoms with van der Waals surface area (Å²) in [6.07, 6.45) is -3.20. The Balaban J connectivity index is 1.94. The van der Waals surface area contributed by atoms with Crippen LogP contribution in [0.2, 0.25) is 5.02 Å². The number of alkyl halides is 3. The smallest absolute Gasteiger partial charge is 0.321 e. The molecule has 0 aromatic carbocycles. The first-order chi connectivity index (χ1) is 12.0. The maximum atomic E-state index is 13.2. The Hall–Kier alpha value is -2.03. The highest BCUT2D eigenvalue weighted by atomic mass is 35.5. The first-order valence-corrected chi connectivity index (χ1v) is 8.56. The lowest BCUT2D eigenvalue weighted by Crippen LogP contribution is -2.26. The SMILES string of the molecule is Cc1nn(C)c(C)c1NC(=O)[C@H](C)n1nc(C(F)(F)F)c(Cl)c1C1CC1. The van der Waals surface area contributed by atoms with Crippen LogP contribution >= 0.6 is 11.6 Å². The predicted molar refractivity (Wildman–Crippen MR) is 90.2 cm³/mol. The molecule has 1 fully saturated rings. The van der Waals surface area contributed by atoms with Crippen molar-refractivity contribution in [1.82, 2.24) is 19.6 Å². The van der Waals surface area contributed by atoms with Gasteiger partial charge in [0.15, 0.2) is 5.69 Å². The van der Waals surface area contributed by atoms with E-state index in [9.17, 15) is 18.0 Å². The van der Waals surface area contributed by atoms with Crippen molar-refractivity contribution in [3.8, 4) is 0 Å². The highest BCUT2D eigenvalue weighted by Crippen LogP contribution is 2.47. The molecule has 0 unspecified atom stereocenters. The summed E-state index contributed by atoms with van der Waals surface area (Å²) >= 11 is 5.96. The Labute approximate surface area is 153 Å². The van der Waals surface area contributed by atoms with Crippen LogP contribution in [0.1, 0.15) is 54.5 Å². The molecular weight excluding hydrogens is 371 g/mol. The number of carbonyl (C=O) groups is 1. The minimum atomic E-state index is -4.67. The van der Waals surface area contributed by atoms with Gasteiger partial charge in [-0.1, -0.05) is 11.6 Å². The van der Waals surface area contributed by atoms with Crippen LogP contribution in [0.15, 0.2) is 0 Å². The van der Waals surface area contributed by atoms with E-state index < -0.39 is 28.8 Å². The normalized spacial score (nSPS) is 16.0. The summed E-state index contributed by atoms with van der Waals surface area (Å²) in [7, 11) is 1.75. The molecular formula is C16H19ClF3N5O. The lowest BCUT2D eigenvalue weighted by Gasteiger charge is -2.16. The minimum absolute atomic E-state index is 0.0942. The van der Waals surface area contributed by atoms with E-state index in [2.05, 4.69) is 15.5 Å². The monoisotopic (exact) mass is 389 g/mol. The first kappa shape index (κ1) is 18.8. The number of anilines is 1. The third-order valence-corrected chi connectivity index (χ3v) is 5.00. The van der Waals surface area contributed by atoms with Crippen LogP contribution in [0.3, 0.4) is 0 Å². The average molecular weight is 390 g/mol. The molecule has 3 rings (SSSR count). The fourth-order valence-corrected chi connectivity index (χ4v) is 3.31. The first-order valence-electron chi connectivity index (χ1n) is 8.18. The summed E-state index contributed by atoms with van der Waals surface area (Å²) in [5.74, 6) is -0.567. The molecule has 142 valence electrons. The van der Waals surface area contributed by atoms with Crippen LogP contribution in [0.25, 0.3) is 0 Å². The van der Waals surface area contributed by atoms with Crippen LogP contribution in [0.4, 0.5) is 18.9 Å². The van der Waals surface area contributed by atoms with Gasteiger partial charge >= 0.3 is 6.18 Å². The zero-order chi connectivity index (χ0) is 19.4. The molecule has 0 radical (unpaired) electrons. The maximum absolute atomic E-state index is 13.2. The van der Waals surface area contributed by atoms with Crippen LogP contribution < -0.4 is 5.32 Å². The number of nitrogens with zero attached hydrogens (tertiary/aromatic N) is 4. The summed E-state index contributed by atoms with van der Waals surface area (Å²) < 4.78 is 42.3. The topological polar surface area (TPSA) is 64.7 Å². The van der Waals surface area contributed by atoms with Crippen molar-refractivity contribution in [3.05, 3.63) is 27.8 Å². The second kappa shape index (κ2) is 6.29. The summed E-state index contributed by atoms with van der Waals surface area (Å²) in [5, 5.41) is 10.2. The number of hydrogen-bond acceptors (Lipinski definition) is 3. The molecule has 1 saturated carbocycles. The number of amides is 1. The van der Waals surface area contributed by atoms with Gasteiger partial charge in [0.25, 0.3) is 0 Å². The van der Waals surface area contributed by atoms with Crippen LogP contribution in [0, 0.1) is 13.8 Å². The average Bonchev–Trinajstić information content (AvgIpc) is 3.27. The molecule has 1 aliphatic rings. The largest absolute Gasteiger partial charge is 0.436 e. The molecule has 1 aliphatic carbocycles. The van der Waals surface area contributed by atoms with Gasteiger partial charge in [-0.3, -0.25) is 14.2 Å². The zero-order valence-corrected chi connectivity index (χ0v) is 15.5. The third kappa shape index (κ3) is 3.20. The number of hydrogen-bond donors (Lipinski definition) is 1. The van der Waals surface area contributed by atoms with Gasteiger partial charge in [-0.2, -0.15) is 23.4 Å². The van der Waals surface area contributed by atoms with E-state index in [1.807, 2.05) is 0 Å². The predicted octanol–water partition coefficient (Wildman–Crippen LogP) is 3.98. The molecule has 1 amide bonds. The zero-order valence-electron chi connectivity index (χ0n) is 14.8. The Morgan fingerprint density at radius 3 is 2.38 bits per heavy atom. The van der Waals surface area contributed by atoms with E-state index >= 15 is 0 Å². The van der Waals surface area contributed by atoms with Crippen molar-refractivity contribution in [2.75, 3.05) is 5.32 Å². The molecule has 0 saturated heterocycles. The van der Waals surface area contributed by atoms with Crippen LogP contribution in [-0.2, 0) is 18.0 Å². The highest BCUT2D eigenvalue weighted by molar-refractivity contribution is 6.32. The Kier molecular flexibility index (Phi) is 4.54. The number of halogens is 4. The lowest BCUT2D eigenvalue weighted by molar-refractivity contribution is -0.141. The van der Waals surface area contributed by atoms with Crippen LogP contribution in [-0.4, -0.2) is 25.5 Å². The number of carbonyl (C=O) groups excluding carboxylic acids is 1. The summed E-state index contributed by atoms with van der Waals surface area (Å²) in [5.41, 5.74) is 1.06. The van der Waals surface area contributed by atoms with Gasteiger partial charge < -0.3 is 5.32 Å². The molecule has 0 bridgehead atoms.